The van der Waals surface area contributed by atoms with E-state index < -0.39 is 0 Å². The molecule has 14 heavy (non-hydrogen) atoms. The highest BCUT2D eigenvalue weighted by molar-refractivity contribution is 7.18. The molecule has 2 nitrogen and oxygen atoms in total. The fraction of sp³-hybridized carbons (Fsp3) is 0.111. The lowest BCUT2D eigenvalue weighted by molar-refractivity contribution is 1.10. The van der Waals surface area contributed by atoms with Crippen molar-refractivity contribution in [3.05, 3.63) is 33.3 Å². The molecule has 0 saturated heterocycles. The molecule has 0 atom stereocenters. The largest absolute Gasteiger partial charge is 0.207 e. The first-order chi connectivity index (χ1) is 6.66. The van der Waals surface area contributed by atoms with Crippen LogP contribution in [-0.4, -0.2) is 10.2 Å². The Labute approximate surface area is 95.5 Å². The average molecular weight is 245 g/mol. The van der Waals surface area contributed by atoms with E-state index in [4.69, 9.17) is 23.2 Å². The lowest BCUT2D eigenvalue weighted by Crippen LogP contribution is -1.80. The first-order valence-electron chi connectivity index (χ1n) is 3.92. The van der Waals surface area contributed by atoms with Gasteiger partial charge in [0.15, 0.2) is 0 Å². The number of halogens is 2. The Morgan fingerprint density at radius 3 is 2.57 bits per heavy atom. The second-order valence-electron chi connectivity index (χ2n) is 2.84. The van der Waals surface area contributed by atoms with E-state index in [1.165, 1.54) is 11.3 Å². The molecule has 0 fully saturated rings. The zero-order chi connectivity index (χ0) is 10.1. The van der Waals surface area contributed by atoms with Gasteiger partial charge < -0.3 is 0 Å². The van der Waals surface area contributed by atoms with Crippen molar-refractivity contribution in [2.75, 3.05) is 0 Å². The van der Waals surface area contributed by atoms with Crippen molar-refractivity contribution in [1.29, 1.82) is 0 Å². The van der Waals surface area contributed by atoms with E-state index in [1.807, 2.05) is 25.1 Å². The molecule has 0 saturated carbocycles. The molecule has 1 aromatic carbocycles. The Balaban J connectivity index is 2.52. The molecule has 0 bridgehead atoms. The van der Waals surface area contributed by atoms with E-state index >= 15 is 0 Å². The van der Waals surface area contributed by atoms with Crippen molar-refractivity contribution >= 4 is 34.5 Å². The molecule has 1 heterocycles. The second kappa shape index (κ2) is 3.85. The van der Waals surface area contributed by atoms with Gasteiger partial charge in [-0.2, -0.15) is 0 Å². The van der Waals surface area contributed by atoms with E-state index in [2.05, 4.69) is 10.2 Å². The molecule has 1 aromatic heterocycles. The smallest absolute Gasteiger partial charge is 0.137 e. The van der Waals surface area contributed by atoms with Gasteiger partial charge in [-0.3, -0.25) is 0 Å². The van der Waals surface area contributed by atoms with E-state index in [1.54, 1.807) is 0 Å². The van der Waals surface area contributed by atoms with Crippen molar-refractivity contribution in [3.63, 3.8) is 0 Å². The quantitative estimate of drug-likeness (QED) is 0.763. The summed E-state index contributed by atoms with van der Waals surface area (Å²) in [5.41, 5.74) is 2.00. The van der Waals surface area contributed by atoms with Crippen LogP contribution < -0.4 is 0 Å². The number of aryl methyl sites for hydroxylation is 1. The Kier molecular flexibility index (Phi) is 2.72. The molecule has 0 aliphatic heterocycles. The van der Waals surface area contributed by atoms with Crippen LogP contribution in [0.4, 0.5) is 0 Å². The highest BCUT2D eigenvalue weighted by Gasteiger charge is 2.08. The number of hydrogen-bond donors (Lipinski definition) is 0. The van der Waals surface area contributed by atoms with E-state index in [-0.39, 0.29) is 0 Å². The van der Waals surface area contributed by atoms with Crippen LogP contribution in [0.1, 0.15) is 5.56 Å². The summed E-state index contributed by atoms with van der Waals surface area (Å²) in [7, 11) is 0. The molecule has 0 unspecified atom stereocenters. The molecular weight excluding hydrogens is 239 g/mol. The molecule has 0 amide bonds. The van der Waals surface area contributed by atoms with Gasteiger partial charge in [0.1, 0.15) is 5.01 Å². The first-order valence-corrected chi connectivity index (χ1v) is 5.49. The minimum Gasteiger partial charge on any atom is -0.137 e. The third-order valence-electron chi connectivity index (χ3n) is 1.76. The fourth-order valence-corrected chi connectivity index (χ4v) is 2.36. The van der Waals surface area contributed by atoms with Crippen LogP contribution in [-0.2, 0) is 0 Å². The lowest BCUT2D eigenvalue weighted by atomic mass is 10.2. The van der Waals surface area contributed by atoms with Gasteiger partial charge in [0.25, 0.3) is 0 Å². The zero-order valence-electron chi connectivity index (χ0n) is 7.29. The van der Waals surface area contributed by atoms with Crippen LogP contribution in [0.3, 0.4) is 0 Å². The topological polar surface area (TPSA) is 25.8 Å². The Morgan fingerprint density at radius 2 is 2.00 bits per heavy atom. The van der Waals surface area contributed by atoms with Crippen LogP contribution in [0.2, 0.25) is 9.49 Å². The molecule has 0 aliphatic carbocycles. The van der Waals surface area contributed by atoms with Gasteiger partial charge in [0.05, 0.1) is 5.02 Å². The van der Waals surface area contributed by atoms with Gasteiger partial charge in [-0.05, 0) is 30.2 Å². The van der Waals surface area contributed by atoms with Crippen LogP contribution in [0, 0.1) is 6.92 Å². The molecule has 72 valence electrons. The van der Waals surface area contributed by atoms with Crippen LogP contribution in [0.5, 0.6) is 0 Å². The maximum absolute atomic E-state index is 6.07. The fourth-order valence-electron chi connectivity index (χ4n) is 1.11. The summed E-state index contributed by atoms with van der Waals surface area (Å²) >= 11 is 13.1. The van der Waals surface area contributed by atoms with Crippen LogP contribution >= 0.6 is 34.5 Å². The van der Waals surface area contributed by atoms with Gasteiger partial charge in [0, 0.05) is 5.56 Å². The monoisotopic (exact) mass is 244 g/mol. The Hall–Kier alpha value is -0.640. The third kappa shape index (κ3) is 1.90. The minimum absolute atomic E-state index is 0.427. The van der Waals surface area contributed by atoms with Crippen LogP contribution in [0.15, 0.2) is 18.2 Å². The molecule has 2 aromatic rings. The van der Waals surface area contributed by atoms with Gasteiger partial charge in [-0.1, -0.05) is 35.1 Å². The third-order valence-corrected chi connectivity index (χ3v) is 3.12. The van der Waals surface area contributed by atoms with E-state index in [0.717, 1.165) is 16.1 Å². The second-order valence-corrected chi connectivity index (χ2v) is 4.81. The molecule has 2 rings (SSSR count). The summed E-state index contributed by atoms with van der Waals surface area (Å²) in [6.45, 7) is 1.99. The summed E-state index contributed by atoms with van der Waals surface area (Å²) < 4.78 is 0.427. The standard InChI is InChI=1S/C9H6Cl2N2S/c1-5-2-3-6(7(10)4-5)8-12-13-9(11)14-8/h2-4H,1H3. The normalized spacial score (nSPS) is 10.5. The Bertz CT molecular complexity index is 468. The van der Waals surface area contributed by atoms with Crippen molar-refractivity contribution in [2.24, 2.45) is 0 Å². The summed E-state index contributed by atoms with van der Waals surface area (Å²) in [4.78, 5) is 0. The Morgan fingerprint density at radius 1 is 1.21 bits per heavy atom. The number of nitrogens with zero attached hydrogens (tertiary/aromatic N) is 2. The molecule has 5 heteroatoms. The molecule has 0 radical (unpaired) electrons. The van der Waals surface area contributed by atoms with E-state index in [0.29, 0.717) is 9.49 Å². The predicted octanol–water partition coefficient (Wildman–Crippen LogP) is 3.82. The first kappa shape index (κ1) is 9.90. The highest BCUT2D eigenvalue weighted by atomic mass is 35.5. The van der Waals surface area contributed by atoms with Gasteiger partial charge in [-0.25, -0.2) is 0 Å². The lowest BCUT2D eigenvalue weighted by Gasteiger charge is -1.99. The summed E-state index contributed by atoms with van der Waals surface area (Å²) in [5, 5.41) is 9.09. The number of benzene rings is 1. The minimum atomic E-state index is 0.427. The SMILES string of the molecule is Cc1ccc(-c2nnc(Cl)s2)c(Cl)c1. The maximum Gasteiger partial charge on any atom is 0.207 e. The number of aromatic nitrogens is 2. The summed E-state index contributed by atoms with van der Waals surface area (Å²) in [6.07, 6.45) is 0. The van der Waals surface area contributed by atoms with Gasteiger partial charge in [-0.15, -0.1) is 10.2 Å². The molecule has 0 aliphatic rings. The predicted molar refractivity (Wildman–Crippen MR) is 60.1 cm³/mol. The van der Waals surface area contributed by atoms with Crippen molar-refractivity contribution < 1.29 is 0 Å². The van der Waals surface area contributed by atoms with E-state index in [9.17, 15) is 0 Å². The number of rotatable bonds is 1. The average Bonchev–Trinajstić information content (AvgIpc) is 2.51. The van der Waals surface area contributed by atoms with Crippen molar-refractivity contribution in [1.82, 2.24) is 10.2 Å². The van der Waals surface area contributed by atoms with Crippen LogP contribution in [0.25, 0.3) is 10.6 Å². The molecular formula is C9H6Cl2N2S. The maximum atomic E-state index is 6.07. The summed E-state index contributed by atoms with van der Waals surface area (Å²) in [6, 6.07) is 5.80. The van der Waals surface area contributed by atoms with Gasteiger partial charge in [0.2, 0.25) is 4.47 Å². The highest BCUT2D eigenvalue weighted by Crippen LogP contribution is 2.31. The van der Waals surface area contributed by atoms with Gasteiger partial charge >= 0.3 is 0 Å². The van der Waals surface area contributed by atoms with Crippen molar-refractivity contribution in [3.8, 4) is 10.6 Å². The summed E-state index contributed by atoms with van der Waals surface area (Å²) in [5.74, 6) is 0. The van der Waals surface area contributed by atoms with Crippen molar-refractivity contribution in [2.45, 2.75) is 6.92 Å². The number of hydrogen-bond acceptors (Lipinski definition) is 3. The zero-order valence-corrected chi connectivity index (χ0v) is 9.62. The molecule has 0 N–H and O–H groups in total. The molecule has 0 spiro atoms.